The highest BCUT2D eigenvalue weighted by Crippen LogP contribution is 2.29. The average molecular weight is 384 g/mol. The van der Waals surface area contributed by atoms with Gasteiger partial charge in [0, 0.05) is 36.4 Å². The summed E-state index contributed by atoms with van der Waals surface area (Å²) in [7, 11) is 3.52. The molecule has 2 aromatic carbocycles. The Morgan fingerprint density at radius 2 is 1.96 bits per heavy atom. The number of benzene rings is 2. The molecule has 27 heavy (non-hydrogen) atoms. The van der Waals surface area contributed by atoms with Crippen molar-refractivity contribution >= 4 is 17.5 Å². The first-order chi connectivity index (χ1) is 13.1. The molecular formula is C21H22ClN3O2. The Bertz CT molecular complexity index is 923. The summed E-state index contributed by atoms with van der Waals surface area (Å²) in [6.07, 6.45) is 4.48. The van der Waals surface area contributed by atoms with E-state index in [0.717, 1.165) is 17.0 Å². The number of carbonyl (C=O) groups is 1. The molecule has 0 bridgehead atoms. The normalized spacial score (nSPS) is 11.8. The van der Waals surface area contributed by atoms with E-state index in [2.05, 4.69) is 10.3 Å². The van der Waals surface area contributed by atoms with Crippen LogP contribution in [0.3, 0.4) is 0 Å². The number of aromatic nitrogens is 2. The Balaban J connectivity index is 1.81. The summed E-state index contributed by atoms with van der Waals surface area (Å²) in [4.78, 5) is 17.1. The third kappa shape index (κ3) is 4.49. The number of nitrogens with zero attached hydrogens (tertiary/aromatic N) is 2. The molecule has 0 saturated carbocycles. The van der Waals surface area contributed by atoms with Crippen LogP contribution in [0.1, 0.15) is 29.4 Å². The van der Waals surface area contributed by atoms with E-state index < -0.39 is 6.04 Å². The molecule has 1 amide bonds. The number of methoxy groups -OCH3 is 1. The lowest BCUT2D eigenvalue weighted by Gasteiger charge is -2.21. The average Bonchev–Trinajstić information content (AvgIpc) is 3.11. The summed E-state index contributed by atoms with van der Waals surface area (Å²) < 4.78 is 7.38. The van der Waals surface area contributed by atoms with Gasteiger partial charge in [-0.2, -0.15) is 0 Å². The van der Waals surface area contributed by atoms with Gasteiger partial charge < -0.3 is 14.6 Å². The lowest BCUT2D eigenvalue weighted by Crippen LogP contribution is -2.31. The number of rotatable bonds is 7. The van der Waals surface area contributed by atoms with Gasteiger partial charge in [0.2, 0.25) is 5.91 Å². The lowest BCUT2D eigenvalue weighted by molar-refractivity contribution is -0.121. The molecule has 1 N–H and O–H groups in total. The minimum absolute atomic E-state index is 0.0752. The molecule has 3 aromatic rings. The fraction of sp³-hybridized carbons (Fsp3) is 0.238. The monoisotopic (exact) mass is 383 g/mol. The molecular weight excluding hydrogens is 362 g/mol. The van der Waals surface area contributed by atoms with Gasteiger partial charge in [0.15, 0.2) is 0 Å². The molecule has 0 radical (unpaired) electrons. The second kappa shape index (κ2) is 8.73. The number of ether oxygens (including phenoxy) is 1. The summed E-state index contributed by atoms with van der Waals surface area (Å²) in [6, 6.07) is 14.8. The summed E-state index contributed by atoms with van der Waals surface area (Å²) in [5, 5.41) is 3.77. The third-order valence-electron chi connectivity index (χ3n) is 4.45. The lowest BCUT2D eigenvalue weighted by atomic mass is 10.0. The van der Waals surface area contributed by atoms with Crippen molar-refractivity contribution in [3.63, 3.8) is 0 Å². The smallest absolute Gasteiger partial charge is 0.221 e. The predicted octanol–water partition coefficient (Wildman–Crippen LogP) is 3.92. The number of nitrogens with one attached hydrogen (secondary N) is 1. The minimum atomic E-state index is -0.403. The topological polar surface area (TPSA) is 56.1 Å². The van der Waals surface area contributed by atoms with Crippen molar-refractivity contribution in [3.05, 3.63) is 82.9 Å². The van der Waals surface area contributed by atoms with Crippen LogP contribution in [0.15, 0.2) is 60.9 Å². The Morgan fingerprint density at radius 3 is 2.67 bits per heavy atom. The van der Waals surface area contributed by atoms with E-state index in [-0.39, 0.29) is 5.91 Å². The van der Waals surface area contributed by atoms with E-state index in [1.54, 1.807) is 13.3 Å². The standard InChI is InChI=1S/C21H22ClN3O2/c1-25-14-13-23-21(25)20(16-8-4-6-10-18(16)27-2)24-19(26)12-11-15-7-3-5-9-17(15)22/h3-10,13-14,20H,11-12H2,1-2H3,(H,24,26). The molecule has 5 nitrogen and oxygen atoms in total. The number of para-hydroxylation sites is 1. The van der Waals surface area contributed by atoms with Crippen molar-refractivity contribution in [2.75, 3.05) is 7.11 Å². The van der Waals surface area contributed by atoms with Gasteiger partial charge >= 0.3 is 0 Å². The molecule has 0 saturated heterocycles. The molecule has 0 aliphatic carbocycles. The van der Waals surface area contributed by atoms with Gasteiger partial charge in [-0.15, -0.1) is 0 Å². The summed E-state index contributed by atoms with van der Waals surface area (Å²) >= 11 is 6.19. The number of carbonyl (C=O) groups excluding carboxylic acids is 1. The Labute approximate surface area is 164 Å². The molecule has 1 aromatic heterocycles. The van der Waals surface area contributed by atoms with Gasteiger partial charge in [0.05, 0.1) is 7.11 Å². The van der Waals surface area contributed by atoms with Crippen molar-refractivity contribution in [3.8, 4) is 5.75 Å². The zero-order valence-corrected chi connectivity index (χ0v) is 16.1. The zero-order valence-electron chi connectivity index (χ0n) is 15.4. The predicted molar refractivity (Wildman–Crippen MR) is 106 cm³/mol. The van der Waals surface area contributed by atoms with Crippen LogP contribution < -0.4 is 10.1 Å². The molecule has 6 heteroatoms. The van der Waals surface area contributed by atoms with Crippen LogP contribution in [0, 0.1) is 0 Å². The van der Waals surface area contributed by atoms with Gasteiger partial charge in [0.25, 0.3) is 0 Å². The van der Waals surface area contributed by atoms with Crippen LogP contribution >= 0.6 is 11.6 Å². The summed E-state index contributed by atoms with van der Waals surface area (Å²) in [6.45, 7) is 0. The molecule has 140 valence electrons. The first-order valence-electron chi connectivity index (χ1n) is 8.73. The highest BCUT2D eigenvalue weighted by molar-refractivity contribution is 6.31. The van der Waals surface area contributed by atoms with Crippen LogP contribution in [-0.4, -0.2) is 22.6 Å². The van der Waals surface area contributed by atoms with E-state index in [1.165, 1.54) is 0 Å². The largest absolute Gasteiger partial charge is 0.496 e. The second-order valence-corrected chi connectivity index (χ2v) is 6.64. The van der Waals surface area contributed by atoms with Gasteiger partial charge in [-0.05, 0) is 24.1 Å². The highest BCUT2D eigenvalue weighted by Gasteiger charge is 2.23. The van der Waals surface area contributed by atoms with Crippen molar-refractivity contribution in [2.45, 2.75) is 18.9 Å². The Morgan fingerprint density at radius 1 is 1.22 bits per heavy atom. The van der Waals surface area contributed by atoms with Crippen molar-refractivity contribution in [1.29, 1.82) is 0 Å². The molecule has 0 aliphatic rings. The first kappa shape index (κ1) is 19.0. The van der Waals surface area contributed by atoms with Crippen LogP contribution in [-0.2, 0) is 18.3 Å². The Kier molecular flexibility index (Phi) is 6.14. The number of imidazole rings is 1. The van der Waals surface area contributed by atoms with Crippen LogP contribution in [0.5, 0.6) is 5.75 Å². The van der Waals surface area contributed by atoms with Crippen LogP contribution in [0.4, 0.5) is 0 Å². The van der Waals surface area contributed by atoms with Gasteiger partial charge in [-0.1, -0.05) is 48.0 Å². The number of aryl methyl sites for hydroxylation is 2. The second-order valence-electron chi connectivity index (χ2n) is 6.23. The van der Waals surface area contributed by atoms with E-state index >= 15 is 0 Å². The first-order valence-corrected chi connectivity index (χ1v) is 9.11. The minimum Gasteiger partial charge on any atom is -0.496 e. The van der Waals surface area contributed by atoms with E-state index in [0.29, 0.717) is 23.6 Å². The fourth-order valence-electron chi connectivity index (χ4n) is 3.02. The maximum Gasteiger partial charge on any atom is 0.221 e. The summed E-state index contributed by atoms with van der Waals surface area (Å²) in [5.41, 5.74) is 1.82. The maximum atomic E-state index is 12.7. The number of hydrogen-bond donors (Lipinski definition) is 1. The van der Waals surface area contributed by atoms with E-state index in [1.807, 2.05) is 66.3 Å². The van der Waals surface area contributed by atoms with Crippen LogP contribution in [0.25, 0.3) is 0 Å². The molecule has 0 aliphatic heterocycles. The molecule has 1 unspecified atom stereocenters. The molecule has 0 spiro atoms. The van der Waals surface area contributed by atoms with Crippen molar-refractivity contribution in [1.82, 2.24) is 14.9 Å². The number of hydrogen-bond acceptors (Lipinski definition) is 3. The van der Waals surface area contributed by atoms with E-state index in [4.69, 9.17) is 16.3 Å². The molecule has 1 atom stereocenters. The fourth-order valence-corrected chi connectivity index (χ4v) is 3.25. The molecule has 3 rings (SSSR count). The van der Waals surface area contributed by atoms with Gasteiger partial charge in [-0.25, -0.2) is 4.98 Å². The summed E-state index contributed by atoms with van der Waals surface area (Å²) in [5.74, 6) is 1.37. The van der Waals surface area contributed by atoms with E-state index in [9.17, 15) is 4.79 Å². The molecule has 0 fully saturated rings. The maximum absolute atomic E-state index is 12.7. The van der Waals surface area contributed by atoms with Gasteiger partial charge in [-0.3, -0.25) is 4.79 Å². The van der Waals surface area contributed by atoms with Crippen molar-refractivity contribution in [2.24, 2.45) is 7.05 Å². The van der Waals surface area contributed by atoms with Crippen molar-refractivity contribution < 1.29 is 9.53 Å². The number of amides is 1. The highest BCUT2D eigenvalue weighted by atomic mass is 35.5. The van der Waals surface area contributed by atoms with Crippen LogP contribution in [0.2, 0.25) is 5.02 Å². The quantitative estimate of drug-likeness (QED) is 0.672. The number of halogens is 1. The Hall–Kier alpha value is -2.79. The third-order valence-corrected chi connectivity index (χ3v) is 4.82. The SMILES string of the molecule is COc1ccccc1C(NC(=O)CCc1ccccc1Cl)c1nccn1C. The van der Waals surface area contributed by atoms with Gasteiger partial charge in [0.1, 0.15) is 17.6 Å². The zero-order chi connectivity index (χ0) is 19.2. The molecule has 1 heterocycles.